The van der Waals surface area contributed by atoms with E-state index in [1.54, 1.807) is 12.1 Å². The summed E-state index contributed by atoms with van der Waals surface area (Å²) in [5.41, 5.74) is 0.208. The summed E-state index contributed by atoms with van der Waals surface area (Å²) in [5, 5.41) is 0. The third-order valence-corrected chi connectivity index (χ3v) is 2.90. The number of ether oxygens (including phenoxy) is 1. The Balaban J connectivity index is 2.35. The SMILES string of the molecule is CC(C)(C)OC(=O)CCCC(=O)c1ccc(Br)cc1. The van der Waals surface area contributed by atoms with E-state index in [1.165, 1.54) is 0 Å². The molecule has 0 unspecified atom stereocenters. The Morgan fingerprint density at radius 2 is 1.68 bits per heavy atom. The van der Waals surface area contributed by atoms with Gasteiger partial charge in [-0.25, -0.2) is 0 Å². The van der Waals surface area contributed by atoms with E-state index in [0.717, 1.165) is 4.47 Å². The van der Waals surface area contributed by atoms with Gasteiger partial charge in [-0.15, -0.1) is 0 Å². The highest BCUT2D eigenvalue weighted by Gasteiger charge is 2.16. The fourth-order valence-electron chi connectivity index (χ4n) is 1.57. The van der Waals surface area contributed by atoms with Crippen LogP contribution in [0, 0.1) is 0 Å². The minimum atomic E-state index is -0.465. The lowest BCUT2D eigenvalue weighted by molar-refractivity contribution is -0.154. The molecule has 0 amide bonds. The fourth-order valence-corrected chi connectivity index (χ4v) is 1.83. The average molecular weight is 327 g/mol. The zero-order valence-electron chi connectivity index (χ0n) is 11.5. The molecule has 0 saturated heterocycles. The van der Waals surface area contributed by atoms with Crippen molar-refractivity contribution >= 4 is 27.7 Å². The van der Waals surface area contributed by atoms with Crippen LogP contribution >= 0.6 is 15.9 Å². The smallest absolute Gasteiger partial charge is 0.306 e. The Morgan fingerprint density at radius 3 is 2.21 bits per heavy atom. The van der Waals surface area contributed by atoms with Crippen LogP contribution in [0.4, 0.5) is 0 Å². The van der Waals surface area contributed by atoms with Gasteiger partial charge in [-0.1, -0.05) is 28.1 Å². The first-order chi connectivity index (χ1) is 8.78. The van der Waals surface area contributed by atoms with Crippen LogP contribution < -0.4 is 0 Å². The highest BCUT2D eigenvalue weighted by atomic mass is 79.9. The van der Waals surface area contributed by atoms with E-state index in [2.05, 4.69) is 15.9 Å². The fraction of sp³-hybridized carbons (Fsp3) is 0.467. The van der Waals surface area contributed by atoms with Gasteiger partial charge in [-0.05, 0) is 39.3 Å². The van der Waals surface area contributed by atoms with Crippen molar-refractivity contribution in [2.75, 3.05) is 0 Å². The summed E-state index contributed by atoms with van der Waals surface area (Å²) in [6.45, 7) is 5.49. The van der Waals surface area contributed by atoms with Crippen molar-refractivity contribution in [1.29, 1.82) is 0 Å². The maximum absolute atomic E-state index is 11.9. The molecule has 1 aromatic carbocycles. The van der Waals surface area contributed by atoms with Gasteiger partial charge in [-0.3, -0.25) is 9.59 Å². The highest BCUT2D eigenvalue weighted by Crippen LogP contribution is 2.14. The summed E-state index contributed by atoms with van der Waals surface area (Å²) in [6, 6.07) is 7.22. The predicted octanol–water partition coefficient (Wildman–Crippen LogP) is 4.14. The number of carbonyl (C=O) groups is 2. The summed E-state index contributed by atoms with van der Waals surface area (Å²) >= 11 is 3.32. The molecule has 0 bridgehead atoms. The number of Topliss-reactive ketones (excluding diaryl/α,β-unsaturated/α-hetero) is 1. The molecule has 0 aliphatic rings. The first kappa shape index (κ1) is 15.9. The minimum absolute atomic E-state index is 0.0519. The molecular weight excluding hydrogens is 308 g/mol. The molecule has 0 aliphatic heterocycles. The molecule has 0 radical (unpaired) electrons. The van der Waals surface area contributed by atoms with E-state index in [-0.39, 0.29) is 18.2 Å². The molecule has 0 atom stereocenters. The second-order valence-electron chi connectivity index (χ2n) is 5.37. The van der Waals surface area contributed by atoms with Gasteiger partial charge in [0.15, 0.2) is 5.78 Å². The highest BCUT2D eigenvalue weighted by molar-refractivity contribution is 9.10. The van der Waals surface area contributed by atoms with Gasteiger partial charge in [0.25, 0.3) is 0 Å². The third-order valence-electron chi connectivity index (χ3n) is 2.37. The zero-order chi connectivity index (χ0) is 14.5. The number of halogens is 1. The van der Waals surface area contributed by atoms with Crippen LogP contribution in [-0.4, -0.2) is 17.4 Å². The van der Waals surface area contributed by atoms with Gasteiger partial charge in [0.05, 0.1) is 0 Å². The Hall–Kier alpha value is -1.16. The van der Waals surface area contributed by atoms with Crippen molar-refractivity contribution in [3.05, 3.63) is 34.3 Å². The average Bonchev–Trinajstić information content (AvgIpc) is 2.27. The summed E-state index contributed by atoms with van der Waals surface area (Å²) in [4.78, 5) is 23.3. The molecule has 19 heavy (non-hydrogen) atoms. The Labute approximate surface area is 122 Å². The van der Waals surface area contributed by atoms with E-state index in [0.29, 0.717) is 18.4 Å². The van der Waals surface area contributed by atoms with Crippen molar-refractivity contribution in [2.45, 2.75) is 45.6 Å². The van der Waals surface area contributed by atoms with Crippen LogP contribution in [0.25, 0.3) is 0 Å². The van der Waals surface area contributed by atoms with Crippen molar-refractivity contribution in [1.82, 2.24) is 0 Å². The predicted molar refractivity (Wildman–Crippen MR) is 78.2 cm³/mol. The molecule has 4 heteroatoms. The van der Waals surface area contributed by atoms with E-state index in [4.69, 9.17) is 4.74 Å². The first-order valence-electron chi connectivity index (χ1n) is 6.28. The second-order valence-corrected chi connectivity index (χ2v) is 6.29. The van der Waals surface area contributed by atoms with Crippen LogP contribution in [0.2, 0.25) is 0 Å². The summed E-state index contributed by atoms with van der Waals surface area (Å²) in [7, 11) is 0. The summed E-state index contributed by atoms with van der Waals surface area (Å²) < 4.78 is 6.13. The lowest BCUT2D eigenvalue weighted by Crippen LogP contribution is -2.23. The van der Waals surface area contributed by atoms with Gasteiger partial charge in [0.1, 0.15) is 5.60 Å². The van der Waals surface area contributed by atoms with Gasteiger partial charge in [-0.2, -0.15) is 0 Å². The Bertz CT molecular complexity index is 443. The van der Waals surface area contributed by atoms with E-state index in [1.807, 2.05) is 32.9 Å². The number of hydrogen-bond acceptors (Lipinski definition) is 3. The van der Waals surface area contributed by atoms with Crippen molar-refractivity contribution < 1.29 is 14.3 Å². The van der Waals surface area contributed by atoms with Crippen LogP contribution in [0.3, 0.4) is 0 Å². The summed E-state index contributed by atoms with van der Waals surface area (Å²) in [6.07, 6.45) is 1.16. The standard InChI is InChI=1S/C15H19BrO3/c1-15(2,3)19-14(18)6-4-5-13(17)11-7-9-12(16)10-8-11/h7-10H,4-6H2,1-3H3. The molecule has 0 fully saturated rings. The third kappa shape index (κ3) is 6.53. The molecule has 0 aromatic heterocycles. The maximum atomic E-state index is 11.9. The largest absolute Gasteiger partial charge is 0.460 e. The van der Waals surface area contributed by atoms with E-state index < -0.39 is 5.60 Å². The molecule has 0 heterocycles. The molecule has 104 valence electrons. The lowest BCUT2D eigenvalue weighted by atomic mass is 10.1. The molecule has 1 rings (SSSR count). The molecule has 0 aliphatic carbocycles. The first-order valence-corrected chi connectivity index (χ1v) is 7.08. The number of carbonyl (C=O) groups excluding carboxylic acids is 2. The van der Waals surface area contributed by atoms with E-state index >= 15 is 0 Å². The molecular formula is C15H19BrO3. The monoisotopic (exact) mass is 326 g/mol. The van der Waals surface area contributed by atoms with Crippen LogP contribution in [0.1, 0.15) is 50.4 Å². The number of benzene rings is 1. The van der Waals surface area contributed by atoms with Crippen molar-refractivity contribution in [2.24, 2.45) is 0 Å². The number of rotatable bonds is 5. The topological polar surface area (TPSA) is 43.4 Å². The van der Waals surface area contributed by atoms with Crippen LogP contribution in [0.15, 0.2) is 28.7 Å². The zero-order valence-corrected chi connectivity index (χ0v) is 13.1. The van der Waals surface area contributed by atoms with Crippen LogP contribution in [-0.2, 0) is 9.53 Å². The molecule has 0 spiro atoms. The number of hydrogen-bond donors (Lipinski definition) is 0. The minimum Gasteiger partial charge on any atom is -0.460 e. The summed E-state index contributed by atoms with van der Waals surface area (Å²) in [5.74, 6) is -0.202. The normalized spacial score (nSPS) is 11.2. The lowest BCUT2D eigenvalue weighted by Gasteiger charge is -2.19. The van der Waals surface area contributed by atoms with Crippen molar-refractivity contribution in [3.8, 4) is 0 Å². The quantitative estimate of drug-likeness (QED) is 0.603. The second kappa shape index (κ2) is 6.85. The molecule has 1 aromatic rings. The Morgan fingerprint density at radius 1 is 1.11 bits per heavy atom. The van der Waals surface area contributed by atoms with Gasteiger partial charge in [0, 0.05) is 22.9 Å². The van der Waals surface area contributed by atoms with Gasteiger partial charge >= 0.3 is 5.97 Å². The molecule has 3 nitrogen and oxygen atoms in total. The van der Waals surface area contributed by atoms with Gasteiger partial charge < -0.3 is 4.74 Å². The van der Waals surface area contributed by atoms with Crippen molar-refractivity contribution in [3.63, 3.8) is 0 Å². The van der Waals surface area contributed by atoms with Gasteiger partial charge in [0.2, 0.25) is 0 Å². The molecule has 0 saturated carbocycles. The Kier molecular flexibility index (Phi) is 5.73. The van der Waals surface area contributed by atoms with Crippen LogP contribution in [0.5, 0.6) is 0 Å². The number of esters is 1. The van der Waals surface area contributed by atoms with E-state index in [9.17, 15) is 9.59 Å². The molecule has 0 N–H and O–H groups in total. The number of ketones is 1. The maximum Gasteiger partial charge on any atom is 0.306 e.